The van der Waals surface area contributed by atoms with Crippen molar-refractivity contribution in [2.45, 2.75) is 31.8 Å². The summed E-state index contributed by atoms with van der Waals surface area (Å²) >= 11 is 12.0. The Kier molecular flexibility index (Phi) is 6.50. The lowest BCUT2D eigenvalue weighted by molar-refractivity contribution is -0.117. The van der Waals surface area contributed by atoms with Gasteiger partial charge in [0.15, 0.2) is 0 Å². The zero-order chi connectivity index (χ0) is 16.1. The monoisotopic (exact) mass is 344 g/mol. The quantitative estimate of drug-likeness (QED) is 0.860. The van der Waals surface area contributed by atoms with Crippen LogP contribution in [0.3, 0.4) is 0 Å². The molecular weight excluding hydrogens is 323 g/mol. The van der Waals surface area contributed by atoms with Crippen LogP contribution in [0.2, 0.25) is 10.0 Å². The maximum Gasteiger partial charge on any atom is 0.238 e. The fraction of sp³-hybridized carbons (Fsp3) is 0.562. The van der Waals surface area contributed by atoms with Gasteiger partial charge in [-0.25, -0.2) is 0 Å². The van der Waals surface area contributed by atoms with Crippen LogP contribution >= 0.6 is 23.2 Å². The Balaban J connectivity index is 1.84. The average molecular weight is 345 g/mol. The molecule has 0 saturated heterocycles. The summed E-state index contributed by atoms with van der Waals surface area (Å²) in [6, 6.07) is 5.14. The number of halogens is 2. The number of aliphatic hydroxyl groups is 1. The van der Waals surface area contributed by atoms with Crippen LogP contribution in [-0.4, -0.2) is 42.2 Å². The van der Waals surface area contributed by atoms with E-state index < -0.39 is 0 Å². The lowest BCUT2D eigenvalue weighted by Crippen LogP contribution is -2.38. The second-order valence-corrected chi connectivity index (χ2v) is 6.74. The molecule has 2 N–H and O–H groups in total. The zero-order valence-corrected chi connectivity index (χ0v) is 14.2. The Morgan fingerprint density at radius 2 is 2.09 bits per heavy atom. The Bertz CT molecular complexity index is 525. The molecule has 2 rings (SSSR count). The predicted molar refractivity (Wildman–Crippen MR) is 90.6 cm³/mol. The van der Waals surface area contributed by atoms with Gasteiger partial charge in [0, 0.05) is 6.54 Å². The summed E-state index contributed by atoms with van der Waals surface area (Å²) in [5.41, 5.74) is 0.519. The molecule has 1 fully saturated rings. The Morgan fingerprint density at radius 3 is 2.82 bits per heavy atom. The first-order valence-corrected chi connectivity index (χ1v) is 8.33. The van der Waals surface area contributed by atoms with E-state index in [4.69, 9.17) is 23.2 Å². The topological polar surface area (TPSA) is 52.6 Å². The standard InChI is InChI=1S/C16H22Cl2N2O2/c1-20(9-11-5-2-3-8-14(11)21)10-15(22)19-13-7-4-6-12(17)16(13)18/h4,6-7,11,14,21H,2-3,5,8-10H2,1H3,(H,19,22). The van der Waals surface area contributed by atoms with Gasteiger partial charge in [-0.2, -0.15) is 0 Å². The molecule has 0 spiro atoms. The highest BCUT2D eigenvalue weighted by molar-refractivity contribution is 6.43. The number of rotatable bonds is 5. The van der Waals surface area contributed by atoms with Crippen LogP contribution in [0.1, 0.15) is 25.7 Å². The van der Waals surface area contributed by atoms with Crippen LogP contribution < -0.4 is 5.32 Å². The Labute approximate surface area is 141 Å². The smallest absolute Gasteiger partial charge is 0.238 e. The van der Waals surface area contributed by atoms with Crippen molar-refractivity contribution in [1.82, 2.24) is 4.90 Å². The Morgan fingerprint density at radius 1 is 1.36 bits per heavy atom. The third-order valence-corrected chi connectivity index (χ3v) is 4.87. The van der Waals surface area contributed by atoms with Gasteiger partial charge in [0.2, 0.25) is 5.91 Å². The molecule has 122 valence electrons. The number of anilines is 1. The molecule has 1 aliphatic rings. The van der Waals surface area contributed by atoms with Gasteiger partial charge in [-0.3, -0.25) is 9.69 Å². The van der Waals surface area contributed by atoms with Crippen LogP contribution in [0.4, 0.5) is 5.69 Å². The van der Waals surface area contributed by atoms with Gasteiger partial charge in [0.25, 0.3) is 0 Å². The normalized spacial score (nSPS) is 21.9. The first-order valence-electron chi connectivity index (χ1n) is 7.58. The molecule has 22 heavy (non-hydrogen) atoms. The van der Waals surface area contributed by atoms with E-state index in [1.54, 1.807) is 18.2 Å². The van der Waals surface area contributed by atoms with Gasteiger partial charge in [-0.15, -0.1) is 0 Å². The molecule has 1 aromatic carbocycles. The first-order chi connectivity index (χ1) is 10.5. The minimum Gasteiger partial charge on any atom is -0.393 e. The van der Waals surface area contributed by atoms with Gasteiger partial charge in [-0.05, 0) is 37.9 Å². The third-order valence-electron chi connectivity index (χ3n) is 4.05. The predicted octanol–water partition coefficient (Wildman–Crippen LogP) is 3.41. The number of amides is 1. The minimum absolute atomic E-state index is 0.142. The Hall–Kier alpha value is -0.810. The van der Waals surface area contributed by atoms with Gasteiger partial charge < -0.3 is 10.4 Å². The van der Waals surface area contributed by atoms with E-state index in [2.05, 4.69) is 5.32 Å². The van der Waals surface area contributed by atoms with E-state index >= 15 is 0 Å². The number of carbonyl (C=O) groups excluding carboxylic acids is 1. The largest absolute Gasteiger partial charge is 0.393 e. The van der Waals surface area contributed by atoms with Crippen molar-refractivity contribution >= 4 is 34.8 Å². The molecule has 0 radical (unpaired) electrons. The fourth-order valence-corrected chi connectivity index (χ4v) is 3.25. The maximum absolute atomic E-state index is 12.1. The van der Waals surface area contributed by atoms with Crippen molar-refractivity contribution in [2.75, 3.05) is 25.5 Å². The molecule has 0 aliphatic heterocycles. The summed E-state index contributed by atoms with van der Waals surface area (Å²) in [4.78, 5) is 14.0. The number of carbonyl (C=O) groups is 1. The van der Waals surface area contributed by atoms with Crippen molar-refractivity contribution in [2.24, 2.45) is 5.92 Å². The number of benzene rings is 1. The van der Waals surface area contributed by atoms with Crippen molar-refractivity contribution in [3.05, 3.63) is 28.2 Å². The molecule has 6 heteroatoms. The summed E-state index contributed by atoms with van der Waals surface area (Å²) in [6.45, 7) is 0.976. The van der Waals surface area contributed by atoms with E-state index in [0.29, 0.717) is 15.7 Å². The van der Waals surface area contributed by atoms with Gasteiger partial charge in [-0.1, -0.05) is 42.1 Å². The molecule has 1 amide bonds. The first kappa shape index (κ1) is 17.5. The third kappa shape index (κ3) is 4.85. The molecular formula is C16H22Cl2N2O2. The van der Waals surface area contributed by atoms with Gasteiger partial charge in [0.05, 0.1) is 28.4 Å². The summed E-state index contributed by atoms with van der Waals surface area (Å²) in [5.74, 6) is 0.110. The van der Waals surface area contributed by atoms with Crippen molar-refractivity contribution in [1.29, 1.82) is 0 Å². The molecule has 2 atom stereocenters. The van der Waals surface area contributed by atoms with Gasteiger partial charge >= 0.3 is 0 Å². The van der Waals surface area contributed by atoms with E-state index in [-0.39, 0.29) is 24.5 Å². The molecule has 0 bridgehead atoms. The maximum atomic E-state index is 12.1. The fourth-order valence-electron chi connectivity index (χ4n) is 2.90. The van der Waals surface area contributed by atoms with E-state index in [1.165, 1.54) is 0 Å². The molecule has 4 nitrogen and oxygen atoms in total. The van der Waals surface area contributed by atoms with Gasteiger partial charge in [0.1, 0.15) is 0 Å². The van der Waals surface area contributed by atoms with Crippen LogP contribution in [-0.2, 0) is 4.79 Å². The van der Waals surface area contributed by atoms with Crippen LogP contribution in [0, 0.1) is 5.92 Å². The molecule has 1 aromatic rings. The van der Waals surface area contributed by atoms with E-state index in [1.807, 2.05) is 11.9 Å². The second kappa shape index (κ2) is 8.16. The highest BCUT2D eigenvalue weighted by atomic mass is 35.5. The summed E-state index contributed by atoms with van der Waals surface area (Å²) < 4.78 is 0. The lowest BCUT2D eigenvalue weighted by Gasteiger charge is -2.30. The highest BCUT2D eigenvalue weighted by Crippen LogP contribution is 2.29. The number of nitrogens with one attached hydrogen (secondary N) is 1. The van der Waals surface area contributed by atoms with Crippen LogP contribution in [0.5, 0.6) is 0 Å². The number of likely N-dealkylation sites (N-methyl/N-ethyl adjacent to an activating group) is 1. The molecule has 0 aromatic heterocycles. The highest BCUT2D eigenvalue weighted by Gasteiger charge is 2.24. The van der Waals surface area contributed by atoms with Crippen LogP contribution in [0.25, 0.3) is 0 Å². The summed E-state index contributed by atoms with van der Waals surface area (Å²) in [5, 5.41) is 13.5. The number of hydrogen-bond acceptors (Lipinski definition) is 3. The molecule has 1 saturated carbocycles. The number of nitrogens with zero attached hydrogens (tertiary/aromatic N) is 1. The van der Waals surface area contributed by atoms with E-state index in [0.717, 1.165) is 32.2 Å². The minimum atomic E-state index is -0.248. The molecule has 0 heterocycles. The number of hydrogen-bond donors (Lipinski definition) is 2. The second-order valence-electron chi connectivity index (χ2n) is 5.96. The van der Waals surface area contributed by atoms with E-state index in [9.17, 15) is 9.90 Å². The van der Waals surface area contributed by atoms with Crippen molar-refractivity contribution in [3.63, 3.8) is 0 Å². The summed E-state index contributed by atoms with van der Waals surface area (Å²) in [7, 11) is 1.89. The lowest BCUT2D eigenvalue weighted by atomic mass is 9.86. The summed E-state index contributed by atoms with van der Waals surface area (Å²) in [6.07, 6.45) is 3.88. The zero-order valence-electron chi connectivity index (χ0n) is 12.7. The van der Waals surface area contributed by atoms with Crippen molar-refractivity contribution in [3.8, 4) is 0 Å². The molecule has 1 aliphatic carbocycles. The SMILES string of the molecule is CN(CC(=O)Nc1cccc(Cl)c1Cl)CC1CCCCC1O. The van der Waals surface area contributed by atoms with Crippen LogP contribution in [0.15, 0.2) is 18.2 Å². The molecule has 2 unspecified atom stereocenters. The van der Waals surface area contributed by atoms with Crippen molar-refractivity contribution < 1.29 is 9.90 Å². The average Bonchev–Trinajstić information content (AvgIpc) is 2.46. The number of aliphatic hydroxyl groups excluding tert-OH is 1.